The number of sulfonamides is 1. The lowest BCUT2D eigenvalue weighted by molar-refractivity contribution is 0.579. The summed E-state index contributed by atoms with van der Waals surface area (Å²) in [5.41, 5.74) is 1.13. The maximum Gasteiger partial charge on any atom is 0.247 e. The van der Waals surface area contributed by atoms with Crippen molar-refractivity contribution in [2.45, 2.75) is 17.3 Å². The fourth-order valence-electron chi connectivity index (χ4n) is 1.88. The van der Waals surface area contributed by atoms with Gasteiger partial charge in [0.15, 0.2) is 5.96 Å². The van der Waals surface area contributed by atoms with E-state index in [1.165, 1.54) is 6.07 Å². The number of thiophene rings is 1. The van der Waals surface area contributed by atoms with Crippen molar-refractivity contribution in [2.24, 2.45) is 10.1 Å². The van der Waals surface area contributed by atoms with Gasteiger partial charge in [-0.2, -0.15) is 0 Å². The van der Waals surface area contributed by atoms with Gasteiger partial charge in [-0.05, 0) is 17.7 Å². The van der Waals surface area contributed by atoms with Crippen molar-refractivity contribution in [3.63, 3.8) is 0 Å². The van der Waals surface area contributed by atoms with Crippen LogP contribution in [-0.2, 0) is 23.1 Å². The van der Waals surface area contributed by atoms with Crippen molar-refractivity contribution in [3.05, 3.63) is 52.9 Å². The van der Waals surface area contributed by atoms with Gasteiger partial charge in [-0.3, -0.25) is 0 Å². The van der Waals surface area contributed by atoms with Crippen molar-refractivity contribution in [3.8, 4) is 0 Å². The van der Waals surface area contributed by atoms with Crippen LogP contribution in [0.5, 0.6) is 0 Å². The molecule has 3 N–H and O–H groups in total. The summed E-state index contributed by atoms with van der Waals surface area (Å²) in [6.45, 7) is 1.07. The number of rotatable bonds is 5. The van der Waals surface area contributed by atoms with Crippen LogP contribution < -0.4 is 10.5 Å². The van der Waals surface area contributed by atoms with Gasteiger partial charge >= 0.3 is 0 Å². The monoisotopic (exact) mass is 352 g/mol. The van der Waals surface area contributed by atoms with E-state index in [9.17, 15) is 8.42 Å². The molecule has 0 aliphatic carbocycles. The Morgan fingerprint density at radius 1 is 1.22 bits per heavy atom. The summed E-state index contributed by atoms with van der Waals surface area (Å²) in [5, 5.41) is 8.34. The zero-order chi connectivity index (χ0) is 16.9. The predicted octanol–water partition coefficient (Wildman–Crippen LogP) is 1.60. The number of benzene rings is 1. The second kappa shape index (κ2) is 7.58. The van der Waals surface area contributed by atoms with Gasteiger partial charge in [0.2, 0.25) is 10.0 Å². The Morgan fingerprint density at radius 3 is 2.48 bits per heavy atom. The predicted molar refractivity (Wildman–Crippen MR) is 93.8 cm³/mol. The normalized spacial score (nSPS) is 12.2. The standard InChI is InChI=1S/C15H20N4O2S2/c1-19(2)15(17-10-12-6-4-3-5-7-12)18-11-13-8-9-14(22-13)23(16,20)21/h3-9H,10-11H2,1-2H3,(H,17,18)(H2,16,20,21). The third kappa shape index (κ3) is 5.34. The molecule has 0 fully saturated rings. The first-order valence-electron chi connectivity index (χ1n) is 6.97. The molecule has 0 saturated heterocycles. The molecule has 0 bridgehead atoms. The summed E-state index contributed by atoms with van der Waals surface area (Å²) in [6, 6.07) is 13.2. The molecule has 2 aromatic rings. The highest BCUT2D eigenvalue weighted by atomic mass is 32.2. The second-order valence-electron chi connectivity index (χ2n) is 5.14. The van der Waals surface area contributed by atoms with E-state index in [1.807, 2.05) is 49.3 Å². The van der Waals surface area contributed by atoms with Crippen LogP contribution in [0.25, 0.3) is 0 Å². The molecule has 0 aliphatic heterocycles. The van der Waals surface area contributed by atoms with Gasteiger partial charge in [0.05, 0.1) is 13.1 Å². The number of primary sulfonamides is 1. The second-order valence-corrected chi connectivity index (χ2v) is 8.10. The number of hydrogen-bond donors (Lipinski definition) is 2. The lowest BCUT2D eigenvalue weighted by Gasteiger charge is -2.17. The quantitative estimate of drug-likeness (QED) is 0.632. The maximum atomic E-state index is 11.3. The van der Waals surface area contributed by atoms with Crippen LogP contribution in [0.3, 0.4) is 0 Å². The minimum atomic E-state index is -3.63. The van der Waals surface area contributed by atoms with E-state index in [2.05, 4.69) is 10.3 Å². The lowest BCUT2D eigenvalue weighted by Crippen LogP contribution is -2.35. The Kier molecular flexibility index (Phi) is 5.75. The van der Waals surface area contributed by atoms with Crippen molar-refractivity contribution in [1.29, 1.82) is 0 Å². The Hall–Kier alpha value is -1.90. The number of nitrogens with two attached hydrogens (primary N) is 1. The highest BCUT2D eigenvalue weighted by Gasteiger charge is 2.11. The summed E-state index contributed by atoms with van der Waals surface area (Å²) in [5.74, 6) is 0.736. The summed E-state index contributed by atoms with van der Waals surface area (Å²) < 4.78 is 22.7. The minimum Gasteiger partial charge on any atom is -0.351 e. The highest BCUT2D eigenvalue weighted by molar-refractivity contribution is 7.91. The summed E-state index contributed by atoms with van der Waals surface area (Å²) in [6.07, 6.45) is 0. The van der Waals surface area contributed by atoms with E-state index < -0.39 is 10.0 Å². The summed E-state index contributed by atoms with van der Waals surface area (Å²) >= 11 is 1.16. The smallest absolute Gasteiger partial charge is 0.247 e. The molecule has 0 radical (unpaired) electrons. The average Bonchev–Trinajstić information content (AvgIpc) is 2.97. The van der Waals surface area contributed by atoms with Crippen molar-refractivity contribution in [1.82, 2.24) is 10.2 Å². The van der Waals surface area contributed by atoms with E-state index in [0.717, 1.165) is 27.7 Å². The van der Waals surface area contributed by atoms with E-state index in [0.29, 0.717) is 13.1 Å². The molecule has 6 nitrogen and oxygen atoms in total. The third-order valence-electron chi connectivity index (χ3n) is 3.02. The first kappa shape index (κ1) is 17.5. The Bertz CT molecular complexity index is 768. The topological polar surface area (TPSA) is 87.8 Å². The van der Waals surface area contributed by atoms with Crippen LogP contribution in [0, 0.1) is 0 Å². The zero-order valence-corrected chi connectivity index (χ0v) is 14.7. The maximum absolute atomic E-state index is 11.3. The first-order valence-corrected chi connectivity index (χ1v) is 9.33. The van der Waals surface area contributed by atoms with Crippen LogP contribution in [0.2, 0.25) is 0 Å². The van der Waals surface area contributed by atoms with Gasteiger partial charge in [0.1, 0.15) is 4.21 Å². The van der Waals surface area contributed by atoms with Crippen molar-refractivity contribution in [2.75, 3.05) is 14.1 Å². The van der Waals surface area contributed by atoms with Crippen molar-refractivity contribution >= 4 is 27.3 Å². The van der Waals surface area contributed by atoms with Gasteiger partial charge in [0.25, 0.3) is 0 Å². The molecule has 1 aromatic carbocycles. The molecule has 1 heterocycles. The number of guanidine groups is 1. The molecular weight excluding hydrogens is 332 g/mol. The summed E-state index contributed by atoms with van der Waals surface area (Å²) in [4.78, 5) is 7.32. The molecule has 124 valence electrons. The molecule has 0 atom stereocenters. The number of nitrogens with zero attached hydrogens (tertiary/aromatic N) is 2. The van der Waals surface area contributed by atoms with Gasteiger partial charge in [-0.1, -0.05) is 30.3 Å². The van der Waals surface area contributed by atoms with E-state index in [1.54, 1.807) is 6.07 Å². The fraction of sp³-hybridized carbons (Fsp3) is 0.267. The number of aliphatic imine (C=N–C) groups is 1. The molecule has 0 spiro atoms. The number of hydrogen-bond acceptors (Lipinski definition) is 4. The third-order valence-corrected chi connectivity index (χ3v) is 5.54. The zero-order valence-electron chi connectivity index (χ0n) is 13.1. The first-order chi connectivity index (χ1) is 10.9. The highest BCUT2D eigenvalue weighted by Crippen LogP contribution is 2.19. The van der Waals surface area contributed by atoms with Crippen LogP contribution in [0.1, 0.15) is 10.4 Å². The Morgan fingerprint density at radius 2 is 1.91 bits per heavy atom. The van der Waals surface area contributed by atoms with Gasteiger partial charge in [-0.15, -0.1) is 11.3 Å². The molecular formula is C15H20N4O2S2. The molecule has 0 amide bonds. The molecule has 0 aliphatic rings. The van der Waals surface area contributed by atoms with Crippen LogP contribution in [-0.4, -0.2) is 33.4 Å². The molecule has 0 saturated carbocycles. The minimum absolute atomic E-state index is 0.168. The summed E-state index contributed by atoms with van der Waals surface area (Å²) in [7, 11) is 0.175. The Labute approximate surface area is 140 Å². The average molecular weight is 352 g/mol. The molecule has 0 unspecified atom stereocenters. The van der Waals surface area contributed by atoms with Gasteiger partial charge in [-0.25, -0.2) is 18.5 Å². The number of nitrogens with one attached hydrogen (secondary N) is 1. The van der Waals surface area contributed by atoms with E-state index in [-0.39, 0.29) is 4.21 Å². The van der Waals surface area contributed by atoms with Gasteiger partial charge in [0, 0.05) is 19.0 Å². The van der Waals surface area contributed by atoms with Crippen LogP contribution >= 0.6 is 11.3 Å². The van der Waals surface area contributed by atoms with E-state index >= 15 is 0 Å². The largest absolute Gasteiger partial charge is 0.351 e. The molecule has 8 heteroatoms. The van der Waals surface area contributed by atoms with Crippen LogP contribution in [0.4, 0.5) is 0 Å². The molecule has 23 heavy (non-hydrogen) atoms. The molecule has 1 aromatic heterocycles. The fourth-order valence-corrected chi connectivity index (χ4v) is 3.60. The van der Waals surface area contributed by atoms with E-state index in [4.69, 9.17) is 5.14 Å². The molecule has 2 rings (SSSR count). The van der Waals surface area contributed by atoms with Gasteiger partial charge < -0.3 is 10.2 Å². The lowest BCUT2D eigenvalue weighted by atomic mass is 10.2. The SMILES string of the molecule is CN(C)C(=NCc1ccccc1)NCc1ccc(S(N)(=O)=O)s1. The van der Waals surface area contributed by atoms with Crippen LogP contribution in [0.15, 0.2) is 51.7 Å². The Balaban J connectivity index is 2.01. The van der Waals surface area contributed by atoms with Crippen molar-refractivity contribution < 1.29 is 8.42 Å².